The van der Waals surface area contributed by atoms with Crippen LogP contribution in [-0.2, 0) is 9.47 Å². The molecule has 1 aromatic rings. The van der Waals surface area contributed by atoms with E-state index in [-0.39, 0.29) is 12.2 Å². The molecule has 1 atom stereocenters. The van der Waals surface area contributed by atoms with Crippen LogP contribution >= 0.6 is 0 Å². The van der Waals surface area contributed by atoms with Crippen molar-refractivity contribution in [3.63, 3.8) is 0 Å². The van der Waals surface area contributed by atoms with E-state index in [1.165, 1.54) is 0 Å². The number of likely N-dealkylation sites (tertiary alicyclic amines) is 1. The quantitative estimate of drug-likeness (QED) is 0.807. The van der Waals surface area contributed by atoms with Crippen LogP contribution < -0.4 is 4.90 Å². The van der Waals surface area contributed by atoms with Gasteiger partial charge in [-0.2, -0.15) is 0 Å². The number of nitrogens with zero attached hydrogens (tertiary/aromatic N) is 2. The van der Waals surface area contributed by atoms with Crippen LogP contribution in [0.25, 0.3) is 0 Å². The van der Waals surface area contributed by atoms with Crippen LogP contribution in [0, 0.1) is 5.92 Å². The number of piperidine rings is 1. The fourth-order valence-corrected chi connectivity index (χ4v) is 3.79. The molecule has 1 amide bonds. The van der Waals surface area contributed by atoms with E-state index in [0.717, 1.165) is 57.7 Å². The minimum atomic E-state index is -0.906. The summed E-state index contributed by atoms with van der Waals surface area (Å²) < 4.78 is 11.6. The van der Waals surface area contributed by atoms with Gasteiger partial charge < -0.3 is 24.4 Å². The van der Waals surface area contributed by atoms with Gasteiger partial charge in [-0.1, -0.05) is 0 Å². The lowest BCUT2D eigenvalue weighted by molar-refractivity contribution is 0.00248. The summed E-state index contributed by atoms with van der Waals surface area (Å²) in [5.74, 6) is -0.436. The molecule has 2 fully saturated rings. The summed E-state index contributed by atoms with van der Waals surface area (Å²) in [4.78, 5) is 27.2. The molecule has 160 valence electrons. The predicted octanol–water partition coefficient (Wildman–Crippen LogP) is 3.63. The molecule has 2 heterocycles. The van der Waals surface area contributed by atoms with E-state index in [2.05, 4.69) is 4.90 Å². The van der Waals surface area contributed by atoms with Crippen molar-refractivity contribution in [3.05, 3.63) is 29.8 Å². The van der Waals surface area contributed by atoms with E-state index >= 15 is 0 Å². The molecule has 0 aromatic heterocycles. The van der Waals surface area contributed by atoms with Crippen molar-refractivity contribution in [2.75, 3.05) is 37.7 Å². The van der Waals surface area contributed by atoms with E-state index in [4.69, 9.17) is 14.6 Å². The van der Waals surface area contributed by atoms with Gasteiger partial charge in [-0.3, -0.25) is 0 Å². The predicted molar refractivity (Wildman–Crippen MR) is 111 cm³/mol. The molecular weight excluding hydrogens is 372 g/mol. The second kappa shape index (κ2) is 9.03. The molecule has 1 N–H and O–H groups in total. The fourth-order valence-electron chi connectivity index (χ4n) is 3.79. The van der Waals surface area contributed by atoms with Crippen molar-refractivity contribution < 1.29 is 24.2 Å². The van der Waals surface area contributed by atoms with E-state index < -0.39 is 11.6 Å². The van der Waals surface area contributed by atoms with Crippen LogP contribution in [0.4, 0.5) is 10.5 Å². The average molecular weight is 405 g/mol. The molecule has 7 heteroatoms. The zero-order valence-corrected chi connectivity index (χ0v) is 17.6. The lowest BCUT2D eigenvalue weighted by atomic mass is 9.98. The zero-order valence-electron chi connectivity index (χ0n) is 17.6. The summed E-state index contributed by atoms with van der Waals surface area (Å²) in [5, 5.41) is 9.01. The van der Waals surface area contributed by atoms with Gasteiger partial charge in [0.25, 0.3) is 0 Å². The minimum Gasteiger partial charge on any atom is -0.478 e. The smallest absolute Gasteiger partial charge is 0.410 e. The summed E-state index contributed by atoms with van der Waals surface area (Å²) in [6.07, 6.45) is 2.81. The van der Waals surface area contributed by atoms with Gasteiger partial charge in [0.2, 0.25) is 0 Å². The first-order valence-corrected chi connectivity index (χ1v) is 10.4. The Bertz CT molecular complexity index is 705. The monoisotopic (exact) mass is 404 g/mol. The molecule has 0 spiro atoms. The lowest BCUT2D eigenvalue weighted by Crippen LogP contribution is -2.42. The second-order valence-electron chi connectivity index (χ2n) is 8.95. The molecule has 29 heavy (non-hydrogen) atoms. The number of rotatable bonds is 5. The Morgan fingerprint density at radius 1 is 1.07 bits per heavy atom. The van der Waals surface area contributed by atoms with Crippen molar-refractivity contribution in [2.24, 2.45) is 5.92 Å². The normalized spacial score (nSPS) is 20.7. The van der Waals surface area contributed by atoms with Gasteiger partial charge in [-0.05, 0) is 70.2 Å². The Morgan fingerprint density at radius 3 is 2.31 bits per heavy atom. The van der Waals surface area contributed by atoms with Gasteiger partial charge in [0, 0.05) is 38.5 Å². The molecular formula is C22H32N2O5. The molecule has 2 saturated heterocycles. The van der Waals surface area contributed by atoms with Gasteiger partial charge in [-0.25, -0.2) is 9.59 Å². The lowest BCUT2D eigenvalue weighted by Gasteiger charge is -2.33. The second-order valence-corrected chi connectivity index (χ2v) is 8.95. The summed E-state index contributed by atoms with van der Waals surface area (Å²) >= 11 is 0. The Morgan fingerprint density at radius 2 is 1.72 bits per heavy atom. The van der Waals surface area contributed by atoms with E-state index in [1.807, 2.05) is 32.9 Å². The molecule has 0 aliphatic carbocycles. The van der Waals surface area contributed by atoms with Crippen molar-refractivity contribution in [2.45, 2.75) is 51.7 Å². The number of carbonyl (C=O) groups excluding carboxylic acids is 1. The van der Waals surface area contributed by atoms with Crippen molar-refractivity contribution in [3.8, 4) is 0 Å². The third kappa shape index (κ3) is 6.10. The molecule has 7 nitrogen and oxygen atoms in total. The maximum Gasteiger partial charge on any atom is 0.410 e. The summed E-state index contributed by atoms with van der Waals surface area (Å²) in [7, 11) is 0. The summed E-state index contributed by atoms with van der Waals surface area (Å²) in [6.45, 7) is 9.55. The molecule has 0 unspecified atom stereocenters. The molecule has 3 rings (SSSR count). The maximum atomic E-state index is 12.2. The van der Waals surface area contributed by atoms with E-state index in [0.29, 0.717) is 11.5 Å². The first-order valence-electron chi connectivity index (χ1n) is 10.4. The van der Waals surface area contributed by atoms with Crippen molar-refractivity contribution in [1.82, 2.24) is 4.90 Å². The molecule has 0 saturated carbocycles. The van der Waals surface area contributed by atoms with Crippen LogP contribution in [0.15, 0.2) is 24.3 Å². The standard InChI is InChI=1S/C22H32N2O5/c1-22(2,3)29-21(27)23-11-8-16(9-12-23)15-28-19-10-13-24(14-19)18-6-4-17(5-7-18)20(25)26/h4-7,16,19H,8-15H2,1-3H3,(H,25,26)/t19-/m0/s1. The van der Waals surface area contributed by atoms with Crippen molar-refractivity contribution >= 4 is 17.7 Å². The highest BCUT2D eigenvalue weighted by Gasteiger charge is 2.29. The number of carbonyl (C=O) groups is 2. The van der Waals surface area contributed by atoms with Crippen LogP contribution in [-0.4, -0.2) is 66.6 Å². The third-order valence-electron chi connectivity index (χ3n) is 5.46. The number of ether oxygens (including phenoxy) is 2. The van der Waals surface area contributed by atoms with Crippen molar-refractivity contribution in [1.29, 1.82) is 0 Å². The SMILES string of the molecule is CC(C)(C)OC(=O)N1CCC(CO[C@H]2CCN(c3ccc(C(=O)O)cc3)C2)CC1. The molecule has 2 aliphatic heterocycles. The highest BCUT2D eigenvalue weighted by Crippen LogP contribution is 2.25. The van der Waals surface area contributed by atoms with Crippen LogP contribution in [0.1, 0.15) is 50.4 Å². The number of amides is 1. The third-order valence-corrected chi connectivity index (χ3v) is 5.46. The fraction of sp³-hybridized carbons (Fsp3) is 0.636. The van der Waals surface area contributed by atoms with Crippen LogP contribution in [0.5, 0.6) is 0 Å². The number of carboxylic acid groups (broad SMARTS) is 1. The summed E-state index contributed by atoms with van der Waals surface area (Å²) in [5.41, 5.74) is 0.879. The van der Waals surface area contributed by atoms with Gasteiger partial charge in [-0.15, -0.1) is 0 Å². The number of benzene rings is 1. The maximum absolute atomic E-state index is 12.2. The molecule has 1 aromatic carbocycles. The highest BCUT2D eigenvalue weighted by atomic mass is 16.6. The Kier molecular flexibility index (Phi) is 6.67. The van der Waals surface area contributed by atoms with Gasteiger partial charge in [0.05, 0.1) is 11.7 Å². The van der Waals surface area contributed by atoms with Crippen LogP contribution in [0.3, 0.4) is 0 Å². The Balaban J connectivity index is 1.38. The Labute approximate surface area is 172 Å². The zero-order chi connectivity index (χ0) is 21.0. The van der Waals surface area contributed by atoms with Gasteiger partial charge in [0.15, 0.2) is 0 Å². The summed E-state index contributed by atoms with van der Waals surface area (Å²) in [6, 6.07) is 7.01. The number of anilines is 1. The Hall–Kier alpha value is -2.28. The van der Waals surface area contributed by atoms with Gasteiger partial charge in [0.1, 0.15) is 5.60 Å². The molecule has 0 radical (unpaired) electrons. The topological polar surface area (TPSA) is 79.3 Å². The largest absolute Gasteiger partial charge is 0.478 e. The van der Waals surface area contributed by atoms with E-state index in [1.54, 1.807) is 17.0 Å². The molecule has 0 bridgehead atoms. The first-order chi connectivity index (χ1) is 13.7. The number of carboxylic acids is 1. The van der Waals surface area contributed by atoms with E-state index in [9.17, 15) is 9.59 Å². The van der Waals surface area contributed by atoms with Crippen LogP contribution in [0.2, 0.25) is 0 Å². The average Bonchev–Trinajstić information content (AvgIpc) is 3.14. The molecule has 2 aliphatic rings. The number of hydrogen-bond donors (Lipinski definition) is 1. The van der Waals surface area contributed by atoms with Gasteiger partial charge >= 0.3 is 12.1 Å². The highest BCUT2D eigenvalue weighted by molar-refractivity contribution is 5.88. The number of aromatic carboxylic acids is 1. The first kappa shape index (κ1) is 21.4. The minimum absolute atomic E-state index is 0.193. The number of hydrogen-bond acceptors (Lipinski definition) is 5.